The number of phenols is 1. The van der Waals surface area contributed by atoms with Crippen molar-refractivity contribution in [2.24, 2.45) is 0 Å². The topological polar surface area (TPSA) is 53.3 Å². The van der Waals surface area contributed by atoms with Gasteiger partial charge in [-0.2, -0.15) is 0 Å². The van der Waals surface area contributed by atoms with Crippen LogP contribution >= 0.6 is 23.8 Å². The fourth-order valence-corrected chi connectivity index (χ4v) is 5.46. The molecular weight excluding hydrogens is 428 g/mol. The maximum atomic E-state index is 10.7. The molecule has 7 heteroatoms. The van der Waals surface area contributed by atoms with Gasteiger partial charge in [-0.15, -0.1) is 0 Å². The van der Waals surface area contributed by atoms with Gasteiger partial charge < -0.3 is 19.9 Å². The number of phenolic OH excluding ortho intramolecular Hbond substituents is 1. The average molecular weight is 453 g/mol. The summed E-state index contributed by atoms with van der Waals surface area (Å²) in [6.45, 7) is 0. The Morgan fingerprint density at radius 2 is 1.90 bits per heavy atom. The predicted octanol–water partition coefficient (Wildman–Crippen LogP) is 5.92. The Labute approximate surface area is 192 Å². The first-order valence-electron chi connectivity index (χ1n) is 10.8. The molecule has 2 atom stereocenters. The van der Waals surface area contributed by atoms with Gasteiger partial charge in [-0.05, 0) is 67.5 Å². The molecule has 2 N–H and O–H groups in total. The molecule has 0 spiro atoms. The lowest BCUT2D eigenvalue weighted by molar-refractivity contribution is 0.339. The highest BCUT2D eigenvalue weighted by Crippen LogP contribution is 2.46. The second kappa shape index (κ2) is 8.52. The molecule has 2 aromatic heterocycles. The Bertz CT molecular complexity index is 1080. The second-order valence-corrected chi connectivity index (χ2v) is 9.08. The molecule has 1 saturated heterocycles. The summed E-state index contributed by atoms with van der Waals surface area (Å²) < 4.78 is 2.41. The number of aromatic nitrogens is 2. The van der Waals surface area contributed by atoms with E-state index in [0.29, 0.717) is 21.9 Å². The third kappa shape index (κ3) is 3.79. The molecule has 0 radical (unpaired) electrons. The van der Waals surface area contributed by atoms with Crippen molar-refractivity contribution < 1.29 is 5.11 Å². The number of nitrogens with one attached hydrogen (secondary N) is 1. The van der Waals surface area contributed by atoms with Crippen molar-refractivity contribution >= 4 is 34.6 Å². The van der Waals surface area contributed by atoms with Crippen molar-refractivity contribution in [2.75, 3.05) is 4.90 Å². The van der Waals surface area contributed by atoms with E-state index in [-0.39, 0.29) is 17.8 Å². The molecule has 1 saturated carbocycles. The van der Waals surface area contributed by atoms with Gasteiger partial charge in [0.15, 0.2) is 5.11 Å². The summed E-state index contributed by atoms with van der Waals surface area (Å²) in [5.74, 6) is 0.149. The molecule has 3 aromatic rings. The van der Waals surface area contributed by atoms with Gasteiger partial charge in [0.05, 0.1) is 17.4 Å². The van der Waals surface area contributed by atoms with Crippen LogP contribution in [0.25, 0.3) is 0 Å². The highest BCUT2D eigenvalue weighted by Gasteiger charge is 2.43. The zero-order chi connectivity index (χ0) is 21.4. The number of thiocarbonyl (C=S) groups is 1. The van der Waals surface area contributed by atoms with E-state index in [9.17, 15) is 5.11 Å². The molecule has 1 aromatic carbocycles. The van der Waals surface area contributed by atoms with Crippen molar-refractivity contribution in [3.63, 3.8) is 0 Å². The van der Waals surface area contributed by atoms with E-state index in [1.165, 1.54) is 32.1 Å². The number of pyridine rings is 1. The number of nitrogens with zero attached hydrogens (tertiary/aromatic N) is 3. The smallest absolute Gasteiger partial charge is 0.174 e. The Morgan fingerprint density at radius 3 is 2.68 bits per heavy atom. The van der Waals surface area contributed by atoms with Gasteiger partial charge in [-0.25, -0.2) is 0 Å². The molecule has 0 unspecified atom stereocenters. The fourth-order valence-electron chi connectivity index (χ4n) is 4.95. The number of hydrogen-bond acceptors (Lipinski definition) is 3. The monoisotopic (exact) mass is 452 g/mol. The van der Waals surface area contributed by atoms with E-state index >= 15 is 0 Å². The van der Waals surface area contributed by atoms with Crippen molar-refractivity contribution in [3.8, 4) is 5.75 Å². The number of aromatic hydroxyl groups is 1. The van der Waals surface area contributed by atoms with Crippen LogP contribution in [0.1, 0.15) is 61.6 Å². The average Bonchev–Trinajstić information content (AvgIpc) is 3.41. The molecule has 5 nitrogen and oxygen atoms in total. The van der Waals surface area contributed by atoms with Crippen LogP contribution in [0.5, 0.6) is 5.75 Å². The Kier molecular flexibility index (Phi) is 5.59. The maximum absolute atomic E-state index is 10.7. The summed E-state index contributed by atoms with van der Waals surface area (Å²) in [5.41, 5.74) is 2.68. The number of hydrogen-bond donors (Lipinski definition) is 2. The lowest BCUT2D eigenvalue weighted by Gasteiger charge is -2.32. The van der Waals surface area contributed by atoms with Crippen LogP contribution in [0.15, 0.2) is 60.9 Å². The minimum absolute atomic E-state index is 0.149. The summed E-state index contributed by atoms with van der Waals surface area (Å²) in [6.07, 6.45) is 10.2. The summed E-state index contributed by atoms with van der Waals surface area (Å²) in [5, 5.41) is 15.3. The largest absolute Gasteiger partial charge is 0.506 e. The molecular formula is C24H25ClN4OS. The first kappa shape index (κ1) is 20.3. The van der Waals surface area contributed by atoms with Crippen LogP contribution in [-0.4, -0.2) is 19.8 Å². The number of rotatable bonds is 4. The number of benzene rings is 1. The van der Waals surface area contributed by atoms with Gasteiger partial charge in [0.25, 0.3) is 0 Å². The van der Waals surface area contributed by atoms with Crippen LogP contribution in [0.2, 0.25) is 5.02 Å². The predicted molar refractivity (Wildman–Crippen MR) is 128 cm³/mol. The number of anilines is 1. The molecule has 0 bridgehead atoms. The van der Waals surface area contributed by atoms with Gasteiger partial charge in [0.2, 0.25) is 0 Å². The van der Waals surface area contributed by atoms with E-state index in [2.05, 4.69) is 33.2 Å². The molecule has 31 heavy (non-hydrogen) atoms. The quantitative estimate of drug-likeness (QED) is 0.481. The van der Waals surface area contributed by atoms with Gasteiger partial charge in [-0.3, -0.25) is 4.98 Å². The summed E-state index contributed by atoms with van der Waals surface area (Å²) in [6, 6.07) is 15.4. The third-order valence-electron chi connectivity index (χ3n) is 6.38. The first-order chi connectivity index (χ1) is 15.1. The normalized spacial score (nSPS) is 22.0. The molecule has 2 aliphatic rings. The molecule has 0 amide bonds. The summed E-state index contributed by atoms with van der Waals surface area (Å²) in [4.78, 5) is 6.61. The first-order valence-corrected chi connectivity index (χ1v) is 11.6. The molecule has 160 valence electrons. The standard InChI is InChI=1S/C24H25ClN4OS/c25-16-11-12-21(30)20(15-16)29-23(22(27-24(29)31)18-9-4-5-13-26-18)19-10-6-14-28(19)17-7-2-1-3-8-17/h4-6,9-15,17,22-23,30H,1-3,7-8H2,(H,27,31)/t22-,23+/m0/s1. The second-order valence-electron chi connectivity index (χ2n) is 8.26. The van der Waals surface area contributed by atoms with Gasteiger partial charge in [0, 0.05) is 29.2 Å². The van der Waals surface area contributed by atoms with Crippen molar-refractivity contribution in [2.45, 2.75) is 50.2 Å². The zero-order valence-corrected chi connectivity index (χ0v) is 18.7. The van der Waals surface area contributed by atoms with Gasteiger partial charge >= 0.3 is 0 Å². The van der Waals surface area contributed by atoms with Crippen molar-refractivity contribution in [1.82, 2.24) is 14.9 Å². The highest BCUT2D eigenvalue weighted by atomic mass is 35.5. The molecule has 3 heterocycles. The van der Waals surface area contributed by atoms with Gasteiger partial charge in [0.1, 0.15) is 11.8 Å². The Hall–Kier alpha value is -2.57. The van der Waals surface area contributed by atoms with Crippen LogP contribution < -0.4 is 10.2 Å². The lowest BCUT2D eigenvalue weighted by Crippen LogP contribution is -2.31. The summed E-state index contributed by atoms with van der Waals surface area (Å²) >= 11 is 12.1. The van der Waals surface area contributed by atoms with Crippen LogP contribution in [0.4, 0.5) is 5.69 Å². The van der Waals surface area contributed by atoms with E-state index in [4.69, 9.17) is 23.8 Å². The zero-order valence-electron chi connectivity index (χ0n) is 17.1. The third-order valence-corrected chi connectivity index (χ3v) is 6.93. The molecule has 5 rings (SSSR count). The van der Waals surface area contributed by atoms with E-state index in [1.807, 2.05) is 23.1 Å². The van der Waals surface area contributed by atoms with Crippen LogP contribution in [0, 0.1) is 0 Å². The Morgan fingerprint density at radius 1 is 1.06 bits per heavy atom. The molecule has 1 aliphatic heterocycles. The van der Waals surface area contributed by atoms with E-state index in [0.717, 1.165) is 11.4 Å². The van der Waals surface area contributed by atoms with Crippen molar-refractivity contribution in [1.29, 1.82) is 0 Å². The Balaban J connectivity index is 1.64. The number of halogens is 1. The van der Waals surface area contributed by atoms with Crippen LogP contribution in [-0.2, 0) is 0 Å². The lowest BCUT2D eigenvalue weighted by atomic mass is 9.94. The van der Waals surface area contributed by atoms with E-state index in [1.54, 1.807) is 24.4 Å². The minimum atomic E-state index is -0.163. The fraction of sp³-hybridized carbons (Fsp3) is 0.333. The van der Waals surface area contributed by atoms with Crippen molar-refractivity contribution in [3.05, 3.63) is 77.3 Å². The SMILES string of the molecule is Oc1ccc(Cl)cc1N1C(=S)N[C@@H](c2ccccn2)[C@H]1c1cccn1C1CCCCC1. The molecule has 2 fully saturated rings. The highest BCUT2D eigenvalue weighted by molar-refractivity contribution is 7.80. The molecule has 1 aliphatic carbocycles. The van der Waals surface area contributed by atoms with Gasteiger partial charge in [-0.1, -0.05) is 36.9 Å². The van der Waals surface area contributed by atoms with Crippen LogP contribution in [0.3, 0.4) is 0 Å². The minimum Gasteiger partial charge on any atom is -0.506 e. The van der Waals surface area contributed by atoms with E-state index < -0.39 is 0 Å². The maximum Gasteiger partial charge on any atom is 0.174 e. The summed E-state index contributed by atoms with van der Waals surface area (Å²) in [7, 11) is 0.